The predicted molar refractivity (Wildman–Crippen MR) is 61.2 cm³/mol. The minimum absolute atomic E-state index is 0.696. The van der Waals surface area contributed by atoms with Crippen LogP contribution in [0.25, 0.3) is 0 Å². The van der Waals surface area contributed by atoms with Gasteiger partial charge < -0.3 is 0 Å². The number of hydrogen-bond donors (Lipinski definition) is 0. The summed E-state index contributed by atoms with van der Waals surface area (Å²) < 4.78 is 1.26. The summed E-state index contributed by atoms with van der Waals surface area (Å²) in [4.78, 5) is 4.09. The molecule has 0 aliphatic carbocycles. The summed E-state index contributed by atoms with van der Waals surface area (Å²) in [6.07, 6.45) is 2.69. The Hall–Kier alpha value is 0.140. The highest BCUT2D eigenvalue weighted by molar-refractivity contribution is 9.11. The van der Waals surface area contributed by atoms with Gasteiger partial charge in [0.15, 0.2) is 0 Å². The van der Waals surface area contributed by atoms with E-state index >= 15 is 0 Å². The van der Waals surface area contributed by atoms with Gasteiger partial charge in [-0.05, 0) is 54.0 Å². The second kappa shape index (κ2) is 4.11. The molecule has 1 atom stereocenters. The fourth-order valence-electron chi connectivity index (χ4n) is 2.03. The Balaban J connectivity index is 2.15. The molecule has 1 aliphatic rings. The third-order valence-corrected chi connectivity index (χ3v) is 4.42. The van der Waals surface area contributed by atoms with E-state index in [-0.39, 0.29) is 0 Å². The van der Waals surface area contributed by atoms with Gasteiger partial charge in [-0.2, -0.15) is 0 Å². The first-order chi connectivity index (χ1) is 6.31. The first-order valence-corrected chi connectivity index (χ1v) is 6.41. The molecule has 3 heteroatoms. The topological polar surface area (TPSA) is 3.24 Å². The first kappa shape index (κ1) is 9.69. The van der Waals surface area contributed by atoms with Crippen molar-refractivity contribution < 1.29 is 0 Å². The highest BCUT2D eigenvalue weighted by atomic mass is 79.9. The van der Waals surface area contributed by atoms with Gasteiger partial charge in [0.2, 0.25) is 0 Å². The van der Waals surface area contributed by atoms with E-state index in [1.165, 1.54) is 34.6 Å². The van der Waals surface area contributed by atoms with E-state index in [0.717, 1.165) is 0 Å². The van der Waals surface area contributed by atoms with E-state index in [0.29, 0.717) is 6.04 Å². The van der Waals surface area contributed by atoms with Crippen molar-refractivity contribution in [3.63, 3.8) is 0 Å². The van der Waals surface area contributed by atoms with Crippen LogP contribution in [-0.2, 0) is 0 Å². The zero-order chi connectivity index (χ0) is 9.26. The van der Waals surface area contributed by atoms with E-state index in [2.05, 4.69) is 39.9 Å². The van der Waals surface area contributed by atoms with Crippen molar-refractivity contribution in [2.24, 2.45) is 0 Å². The Labute approximate surface area is 91.9 Å². The molecule has 1 unspecified atom stereocenters. The molecule has 1 fully saturated rings. The summed E-state index contributed by atoms with van der Waals surface area (Å²) in [5.74, 6) is 0. The molecule has 0 saturated carbocycles. The molecule has 2 heterocycles. The van der Waals surface area contributed by atoms with Crippen LogP contribution >= 0.6 is 27.3 Å². The van der Waals surface area contributed by atoms with Crippen molar-refractivity contribution in [1.82, 2.24) is 4.90 Å². The van der Waals surface area contributed by atoms with Crippen molar-refractivity contribution in [2.45, 2.75) is 25.8 Å². The lowest BCUT2D eigenvalue weighted by Crippen LogP contribution is -2.21. The van der Waals surface area contributed by atoms with E-state index in [1.54, 1.807) is 0 Å². The first-order valence-electron chi connectivity index (χ1n) is 4.80. The largest absolute Gasteiger partial charge is 0.296 e. The average molecular weight is 260 g/mol. The molecule has 0 amide bonds. The maximum Gasteiger partial charge on any atom is 0.0701 e. The molecule has 1 aromatic heterocycles. The summed E-state index contributed by atoms with van der Waals surface area (Å²) in [7, 11) is 0. The Morgan fingerprint density at radius 3 is 3.08 bits per heavy atom. The van der Waals surface area contributed by atoms with E-state index in [1.807, 2.05) is 11.3 Å². The smallest absolute Gasteiger partial charge is 0.0701 e. The van der Waals surface area contributed by atoms with Crippen LogP contribution in [0, 0.1) is 0 Å². The molecule has 0 aromatic carbocycles. The standard InChI is InChI=1S/C10H14BrNS/c1-2-12-7-3-4-8(12)9-5-6-10(11)13-9/h5-6,8H,2-4,7H2,1H3. The van der Waals surface area contributed by atoms with Gasteiger partial charge in [0.25, 0.3) is 0 Å². The van der Waals surface area contributed by atoms with Gasteiger partial charge >= 0.3 is 0 Å². The molecule has 1 aromatic rings. The van der Waals surface area contributed by atoms with Gasteiger partial charge in [-0.25, -0.2) is 0 Å². The summed E-state index contributed by atoms with van der Waals surface area (Å²) in [5.41, 5.74) is 0. The zero-order valence-corrected chi connectivity index (χ0v) is 10.2. The molecule has 1 saturated heterocycles. The van der Waals surface area contributed by atoms with Gasteiger partial charge in [-0.15, -0.1) is 11.3 Å². The van der Waals surface area contributed by atoms with Gasteiger partial charge in [0.1, 0.15) is 0 Å². The number of likely N-dealkylation sites (tertiary alicyclic amines) is 1. The predicted octanol–water partition coefficient (Wildman–Crippen LogP) is 3.67. The lowest BCUT2D eigenvalue weighted by Gasteiger charge is -2.21. The molecule has 0 bridgehead atoms. The Morgan fingerprint density at radius 1 is 1.62 bits per heavy atom. The van der Waals surface area contributed by atoms with Gasteiger partial charge in [0.05, 0.1) is 3.79 Å². The molecule has 0 spiro atoms. The van der Waals surface area contributed by atoms with Crippen LogP contribution in [0.15, 0.2) is 15.9 Å². The molecule has 1 aliphatic heterocycles. The van der Waals surface area contributed by atoms with Crippen LogP contribution in [0.5, 0.6) is 0 Å². The van der Waals surface area contributed by atoms with Crippen LogP contribution in [-0.4, -0.2) is 18.0 Å². The average Bonchev–Trinajstić information content (AvgIpc) is 2.71. The summed E-state index contributed by atoms with van der Waals surface area (Å²) in [6.45, 7) is 4.71. The number of thiophene rings is 1. The molecular weight excluding hydrogens is 246 g/mol. The molecule has 2 rings (SSSR count). The number of halogens is 1. The van der Waals surface area contributed by atoms with Gasteiger partial charge in [-0.3, -0.25) is 4.90 Å². The molecule has 0 radical (unpaired) electrons. The molecule has 72 valence electrons. The second-order valence-corrected chi connectivity index (χ2v) is 5.92. The lowest BCUT2D eigenvalue weighted by atomic mass is 10.2. The fourth-order valence-corrected chi connectivity index (χ4v) is 3.63. The summed E-state index contributed by atoms with van der Waals surface area (Å²) >= 11 is 5.40. The molecule has 13 heavy (non-hydrogen) atoms. The molecule has 0 N–H and O–H groups in total. The van der Waals surface area contributed by atoms with Crippen LogP contribution in [0.1, 0.15) is 30.7 Å². The van der Waals surface area contributed by atoms with E-state index in [4.69, 9.17) is 0 Å². The third kappa shape index (κ3) is 1.97. The molecular formula is C10H14BrNS. The summed E-state index contributed by atoms with van der Waals surface area (Å²) in [5, 5.41) is 0. The van der Waals surface area contributed by atoms with Crippen molar-refractivity contribution in [3.05, 3.63) is 20.8 Å². The van der Waals surface area contributed by atoms with Crippen molar-refractivity contribution >= 4 is 27.3 Å². The van der Waals surface area contributed by atoms with Crippen LogP contribution in [0.3, 0.4) is 0 Å². The maximum absolute atomic E-state index is 3.52. The van der Waals surface area contributed by atoms with E-state index < -0.39 is 0 Å². The zero-order valence-electron chi connectivity index (χ0n) is 7.79. The Morgan fingerprint density at radius 2 is 2.46 bits per heavy atom. The van der Waals surface area contributed by atoms with Crippen LogP contribution in [0.4, 0.5) is 0 Å². The number of rotatable bonds is 2. The van der Waals surface area contributed by atoms with E-state index in [9.17, 15) is 0 Å². The second-order valence-electron chi connectivity index (χ2n) is 3.43. The Kier molecular flexibility index (Phi) is 3.06. The maximum atomic E-state index is 3.52. The van der Waals surface area contributed by atoms with Crippen molar-refractivity contribution in [2.75, 3.05) is 13.1 Å². The SMILES string of the molecule is CCN1CCCC1c1ccc(Br)s1. The lowest BCUT2D eigenvalue weighted by molar-refractivity contribution is 0.275. The number of hydrogen-bond acceptors (Lipinski definition) is 2. The third-order valence-electron chi connectivity index (χ3n) is 2.69. The van der Waals surface area contributed by atoms with Crippen LogP contribution in [0.2, 0.25) is 0 Å². The summed E-state index contributed by atoms with van der Waals surface area (Å²) in [6, 6.07) is 5.11. The van der Waals surface area contributed by atoms with Gasteiger partial charge in [-0.1, -0.05) is 6.92 Å². The van der Waals surface area contributed by atoms with Crippen molar-refractivity contribution in [3.8, 4) is 0 Å². The minimum Gasteiger partial charge on any atom is -0.296 e. The normalized spacial score (nSPS) is 24.0. The minimum atomic E-state index is 0.696. The monoisotopic (exact) mass is 259 g/mol. The van der Waals surface area contributed by atoms with Gasteiger partial charge in [0, 0.05) is 10.9 Å². The van der Waals surface area contributed by atoms with Crippen LogP contribution < -0.4 is 0 Å². The Bertz CT molecular complexity index is 284. The highest BCUT2D eigenvalue weighted by Gasteiger charge is 2.25. The van der Waals surface area contributed by atoms with Crippen molar-refractivity contribution in [1.29, 1.82) is 0 Å². The number of nitrogens with zero attached hydrogens (tertiary/aromatic N) is 1. The molecule has 1 nitrogen and oxygen atoms in total. The fraction of sp³-hybridized carbons (Fsp3) is 0.600. The quantitative estimate of drug-likeness (QED) is 0.784. The highest BCUT2D eigenvalue weighted by Crippen LogP contribution is 2.36.